The van der Waals surface area contributed by atoms with Crippen molar-refractivity contribution in [3.05, 3.63) is 46.8 Å². The van der Waals surface area contributed by atoms with Gasteiger partial charge in [-0.3, -0.25) is 4.79 Å². The van der Waals surface area contributed by atoms with E-state index in [0.717, 1.165) is 6.42 Å². The Morgan fingerprint density at radius 1 is 1.27 bits per heavy atom. The van der Waals surface area contributed by atoms with E-state index in [1.54, 1.807) is 0 Å². The molecule has 116 valence electrons. The molecule has 2 rings (SSSR count). The molecule has 1 amide bonds. The van der Waals surface area contributed by atoms with E-state index < -0.39 is 5.97 Å². The molecule has 0 fully saturated rings. The van der Waals surface area contributed by atoms with Crippen LogP contribution < -0.4 is 5.32 Å². The van der Waals surface area contributed by atoms with Gasteiger partial charge in [0.25, 0.3) is 0 Å². The van der Waals surface area contributed by atoms with Gasteiger partial charge >= 0.3 is 5.97 Å². The van der Waals surface area contributed by atoms with Crippen LogP contribution in [0.1, 0.15) is 27.2 Å². The van der Waals surface area contributed by atoms with Gasteiger partial charge in [-0.25, -0.2) is 9.48 Å². The van der Waals surface area contributed by atoms with Gasteiger partial charge in [0.1, 0.15) is 6.54 Å². The molecule has 0 aliphatic heterocycles. The van der Waals surface area contributed by atoms with E-state index in [2.05, 4.69) is 15.6 Å². The predicted molar refractivity (Wildman–Crippen MR) is 79.6 cm³/mol. The molecule has 0 bridgehead atoms. The van der Waals surface area contributed by atoms with E-state index in [4.69, 9.17) is 5.11 Å². The summed E-state index contributed by atoms with van der Waals surface area (Å²) >= 11 is 0. The molecule has 1 aromatic heterocycles. The Morgan fingerprint density at radius 2 is 1.95 bits per heavy atom. The Kier molecular flexibility index (Phi) is 4.88. The zero-order chi connectivity index (χ0) is 16.1. The molecule has 1 heterocycles. The van der Waals surface area contributed by atoms with Crippen molar-refractivity contribution in [1.82, 2.24) is 20.3 Å². The average molecular weight is 302 g/mol. The van der Waals surface area contributed by atoms with Crippen LogP contribution in [0.4, 0.5) is 0 Å². The number of carboxylic acids is 1. The molecule has 1 aromatic carbocycles. The maximum absolute atomic E-state index is 11.8. The smallest absolute Gasteiger partial charge is 0.358 e. The lowest BCUT2D eigenvalue weighted by molar-refractivity contribution is -0.121. The van der Waals surface area contributed by atoms with Crippen LogP contribution in [0.2, 0.25) is 0 Å². The largest absolute Gasteiger partial charge is 0.476 e. The topological polar surface area (TPSA) is 97.1 Å². The molecule has 7 heteroatoms. The second-order valence-corrected chi connectivity index (χ2v) is 5.08. The summed E-state index contributed by atoms with van der Waals surface area (Å²) in [7, 11) is 0. The number of rotatable bonds is 6. The fourth-order valence-electron chi connectivity index (χ4n) is 2.25. The van der Waals surface area contributed by atoms with E-state index >= 15 is 0 Å². The number of aryl methyl sites for hydroxylation is 2. The summed E-state index contributed by atoms with van der Waals surface area (Å²) in [6, 6.07) is 6.11. The fourth-order valence-corrected chi connectivity index (χ4v) is 2.25. The number of aromatic carboxylic acids is 1. The van der Waals surface area contributed by atoms with Crippen LogP contribution in [0.25, 0.3) is 0 Å². The number of amides is 1. The third kappa shape index (κ3) is 3.91. The third-order valence-corrected chi connectivity index (χ3v) is 3.41. The number of benzene rings is 1. The molecule has 0 radical (unpaired) electrons. The quantitative estimate of drug-likeness (QED) is 0.828. The zero-order valence-corrected chi connectivity index (χ0v) is 12.5. The van der Waals surface area contributed by atoms with E-state index in [-0.39, 0.29) is 18.1 Å². The number of hydrogen-bond acceptors (Lipinski definition) is 4. The second kappa shape index (κ2) is 6.84. The van der Waals surface area contributed by atoms with E-state index in [9.17, 15) is 9.59 Å². The summed E-state index contributed by atoms with van der Waals surface area (Å²) in [6.07, 6.45) is 1.98. The van der Waals surface area contributed by atoms with Gasteiger partial charge in [-0.2, -0.15) is 0 Å². The van der Waals surface area contributed by atoms with Crippen LogP contribution >= 0.6 is 0 Å². The van der Waals surface area contributed by atoms with Crippen molar-refractivity contribution in [2.45, 2.75) is 26.8 Å². The minimum absolute atomic E-state index is 0.0486. The number of nitrogens with zero attached hydrogens (tertiary/aromatic N) is 3. The minimum atomic E-state index is -1.17. The van der Waals surface area contributed by atoms with Gasteiger partial charge < -0.3 is 10.4 Å². The highest BCUT2D eigenvalue weighted by molar-refractivity contribution is 5.84. The molecule has 0 aliphatic carbocycles. The van der Waals surface area contributed by atoms with Crippen LogP contribution in [0.15, 0.2) is 24.4 Å². The highest BCUT2D eigenvalue weighted by atomic mass is 16.4. The molecule has 22 heavy (non-hydrogen) atoms. The Balaban J connectivity index is 1.84. The summed E-state index contributed by atoms with van der Waals surface area (Å²) in [5.41, 5.74) is 3.47. The van der Waals surface area contributed by atoms with Crippen LogP contribution in [0.5, 0.6) is 0 Å². The molecule has 0 aliphatic rings. The van der Waals surface area contributed by atoms with Gasteiger partial charge in [-0.05, 0) is 37.0 Å². The van der Waals surface area contributed by atoms with E-state index in [0.29, 0.717) is 6.54 Å². The van der Waals surface area contributed by atoms with Crippen molar-refractivity contribution in [1.29, 1.82) is 0 Å². The Morgan fingerprint density at radius 3 is 2.55 bits per heavy atom. The number of aromatic nitrogens is 3. The van der Waals surface area contributed by atoms with Gasteiger partial charge in [0, 0.05) is 6.54 Å². The molecule has 7 nitrogen and oxygen atoms in total. The highest BCUT2D eigenvalue weighted by Gasteiger charge is 2.10. The lowest BCUT2D eigenvalue weighted by Gasteiger charge is -2.10. The SMILES string of the molecule is Cc1cccc(C)c1CCNC(=O)Cn1cc(C(=O)O)nn1. The highest BCUT2D eigenvalue weighted by Crippen LogP contribution is 2.13. The van der Waals surface area contributed by atoms with Gasteiger partial charge in [0.2, 0.25) is 5.91 Å². The first-order chi connectivity index (χ1) is 10.5. The number of nitrogens with one attached hydrogen (secondary N) is 1. The summed E-state index contributed by atoms with van der Waals surface area (Å²) < 4.78 is 1.21. The second-order valence-electron chi connectivity index (χ2n) is 5.08. The summed E-state index contributed by atoms with van der Waals surface area (Å²) in [4.78, 5) is 22.5. The van der Waals surface area contributed by atoms with E-state index in [1.807, 2.05) is 32.0 Å². The molecule has 2 aromatic rings. The van der Waals surface area contributed by atoms with Gasteiger partial charge in [-0.1, -0.05) is 23.4 Å². The number of carbonyl (C=O) groups excluding carboxylic acids is 1. The zero-order valence-electron chi connectivity index (χ0n) is 12.5. The van der Waals surface area contributed by atoms with Crippen molar-refractivity contribution in [2.24, 2.45) is 0 Å². The minimum Gasteiger partial charge on any atom is -0.476 e. The molecule has 0 atom stereocenters. The van der Waals surface area contributed by atoms with Gasteiger partial charge in [0.15, 0.2) is 5.69 Å². The number of carbonyl (C=O) groups is 2. The number of carboxylic acid groups (broad SMARTS) is 1. The standard InChI is InChI=1S/C15H18N4O3/c1-10-4-3-5-11(2)12(10)6-7-16-14(20)9-19-8-13(15(21)22)17-18-19/h3-5,8H,6-7,9H2,1-2H3,(H,16,20)(H,21,22). The predicted octanol–water partition coefficient (Wildman–Crippen LogP) is 0.952. The molecular formula is C15H18N4O3. The molecule has 2 N–H and O–H groups in total. The summed E-state index contributed by atoms with van der Waals surface area (Å²) in [5, 5.41) is 18.6. The molecule has 0 saturated carbocycles. The third-order valence-electron chi connectivity index (χ3n) is 3.41. The molecular weight excluding hydrogens is 284 g/mol. The van der Waals surface area contributed by atoms with Crippen molar-refractivity contribution in [3.63, 3.8) is 0 Å². The molecule has 0 saturated heterocycles. The summed E-state index contributed by atoms with van der Waals surface area (Å²) in [5.74, 6) is -1.39. The van der Waals surface area contributed by atoms with E-state index in [1.165, 1.54) is 27.6 Å². The van der Waals surface area contributed by atoms with Crippen LogP contribution in [-0.4, -0.2) is 38.5 Å². The van der Waals surface area contributed by atoms with Gasteiger partial charge in [-0.15, -0.1) is 5.10 Å². The molecule has 0 spiro atoms. The van der Waals surface area contributed by atoms with Crippen LogP contribution in [-0.2, 0) is 17.8 Å². The monoisotopic (exact) mass is 302 g/mol. The first kappa shape index (κ1) is 15.7. The fraction of sp³-hybridized carbons (Fsp3) is 0.333. The van der Waals surface area contributed by atoms with Crippen molar-refractivity contribution < 1.29 is 14.7 Å². The normalized spacial score (nSPS) is 10.5. The number of hydrogen-bond donors (Lipinski definition) is 2. The Labute approximate surface area is 128 Å². The first-order valence-electron chi connectivity index (χ1n) is 6.92. The lowest BCUT2D eigenvalue weighted by atomic mass is 10.0. The van der Waals surface area contributed by atoms with Crippen molar-refractivity contribution >= 4 is 11.9 Å². The first-order valence-corrected chi connectivity index (χ1v) is 6.92. The molecule has 0 unspecified atom stereocenters. The van der Waals surface area contributed by atoms with Crippen LogP contribution in [0.3, 0.4) is 0 Å². The van der Waals surface area contributed by atoms with Gasteiger partial charge in [0.05, 0.1) is 6.20 Å². The maximum Gasteiger partial charge on any atom is 0.358 e. The Bertz CT molecular complexity index is 674. The summed E-state index contributed by atoms with van der Waals surface area (Å²) in [6.45, 7) is 4.57. The van der Waals surface area contributed by atoms with Crippen molar-refractivity contribution in [3.8, 4) is 0 Å². The Hall–Kier alpha value is -2.70. The van der Waals surface area contributed by atoms with Crippen molar-refractivity contribution in [2.75, 3.05) is 6.54 Å². The maximum atomic E-state index is 11.8. The average Bonchev–Trinajstić information content (AvgIpc) is 2.91. The van der Waals surface area contributed by atoms with Crippen LogP contribution in [0, 0.1) is 13.8 Å². The lowest BCUT2D eigenvalue weighted by Crippen LogP contribution is -2.29.